The number of carbonyl (C=O) groups excluding carboxylic acids is 2. The molecule has 2 heterocycles. The van der Waals surface area contributed by atoms with Crippen molar-refractivity contribution in [2.45, 2.75) is 6.42 Å². The van der Waals surface area contributed by atoms with E-state index in [1.807, 2.05) is 0 Å². The second kappa shape index (κ2) is 7.31. The number of pyridine rings is 1. The van der Waals surface area contributed by atoms with Gasteiger partial charge >= 0.3 is 0 Å². The first-order chi connectivity index (χ1) is 11.6. The molecule has 2 N–H and O–H groups in total. The number of fused-ring (bicyclic) bond motifs is 1. The van der Waals surface area contributed by atoms with Crippen molar-refractivity contribution in [1.29, 1.82) is 0 Å². The number of hydrogen-bond acceptors (Lipinski definition) is 4. The zero-order valence-electron chi connectivity index (χ0n) is 12.8. The Morgan fingerprint density at radius 1 is 1.33 bits per heavy atom. The minimum absolute atomic E-state index is 0.105. The molecule has 0 radical (unpaired) electrons. The second-order valence-corrected chi connectivity index (χ2v) is 5.91. The van der Waals surface area contributed by atoms with Gasteiger partial charge in [-0.05, 0) is 42.3 Å². The molecule has 7 heteroatoms. The average molecular weight is 346 g/mol. The molecule has 0 fully saturated rings. The van der Waals surface area contributed by atoms with Crippen molar-refractivity contribution in [3.63, 3.8) is 0 Å². The predicted molar refractivity (Wildman–Crippen MR) is 90.0 cm³/mol. The summed E-state index contributed by atoms with van der Waals surface area (Å²) in [5, 5.41) is 5.90. The van der Waals surface area contributed by atoms with Crippen LogP contribution in [0.2, 0.25) is 5.02 Å². The summed E-state index contributed by atoms with van der Waals surface area (Å²) < 4.78 is 5.59. The van der Waals surface area contributed by atoms with Crippen LogP contribution in [0, 0.1) is 5.92 Å². The Bertz CT molecular complexity index is 752. The number of carbonyl (C=O) groups is 2. The summed E-state index contributed by atoms with van der Waals surface area (Å²) in [7, 11) is 0. The highest BCUT2D eigenvalue weighted by molar-refractivity contribution is 6.30. The molecule has 1 unspecified atom stereocenters. The van der Waals surface area contributed by atoms with E-state index in [2.05, 4.69) is 15.6 Å². The molecule has 0 spiro atoms. The molecule has 124 valence electrons. The number of aromatic nitrogens is 1. The maximum absolute atomic E-state index is 12.2. The van der Waals surface area contributed by atoms with Crippen LogP contribution in [0.15, 0.2) is 42.7 Å². The van der Waals surface area contributed by atoms with Crippen molar-refractivity contribution in [3.05, 3.63) is 53.3 Å². The number of amides is 2. The van der Waals surface area contributed by atoms with Gasteiger partial charge < -0.3 is 15.4 Å². The van der Waals surface area contributed by atoms with Gasteiger partial charge in [0.25, 0.3) is 0 Å². The van der Waals surface area contributed by atoms with Gasteiger partial charge in [-0.3, -0.25) is 14.6 Å². The Kier molecular flexibility index (Phi) is 4.96. The average Bonchev–Trinajstić information content (AvgIpc) is 2.60. The third-order valence-electron chi connectivity index (χ3n) is 3.67. The maximum atomic E-state index is 12.2. The standard InChI is InChI=1S/C17H16ClN3O3/c18-13-3-4-15-11(7-13)6-12(10-24-15)17(23)20-9-16(22)21-14-2-1-5-19-8-14/h1-5,7-8,12H,6,9-10H2,(H,20,23)(H,21,22). The number of nitrogens with zero attached hydrogens (tertiary/aromatic N) is 1. The largest absolute Gasteiger partial charge is 0.492 e. The van der Waals surface area contributed by atoms with Gasteiger partial charge in [-0.2, -0.15) is 0 Å². The third-order valence-corrected chi connectivity index (χ3v) is 3.90. The molecule has 1 aliphatic heterocycles. The van der Waals surface area contributed by atoms with Gasteiger partial charge in [0.15, 0.2) is 0 Å². The fraction of sp³-hybridized carbons (Fsp3) is 0.235. The summed E-state index contributed by atoms with van der Waals surface area (Å²) >= 11 is 5.97. The quantitative estimate of drug-likeness (QED) is 0.888. The Balaban J connectivity index is 1.51. The maximum Gasteiger partial charge on any atom is 0.243 e. The molecule has 0 bridgehead atoms. The number of ether oxygens (including phenoxy) is 1. The van der Waals surface area contributed by atoms with Crippen molar-refractivity contribution in [3.8, 4) is 5.75 Å². The van der Waals surface area contributed by atoms with Crippen LogP contribution in [0.1, 0.15) is 5.56 Å². The molecule has 3 rings (SSSR count). The van der Waals surface area contributed by atoms with Crippen LogP contribution in [0.3, 0.4) is 0 Å². The number of nitrogens with one attached hydrogen (secondary N) is 2. The van der Waals surface area contributed by atoms with Crippen molar-refractivity contribution in [2.75, 3.05) is 18.5 Å². The zero-order valence-corrected chi connectivity index (χ0v) is 13.5. The van der Waals surface area contributed by atoms with E-state index < -0.39 is 0 Å². The van der Waals surface area contributed by atoms with Crippen molar-refractivity contribution < 1.29 is 14.3 Å². The second-order valence-electron chi connectivity index (χ2n) is 5.47. The lowest BCUT2D eigenvalue weighted by Crippen LogP contribution is -2.40. The number of benzene rings is 1. The minimum atomic E-state index is -0.345. The molecule has 2 aromatic rings. The summed E-state index contributed by atoms with van der Waals surface area (Å²) in [6, 6.07) is 8.79. The van der Waals surface area contributed by atoms with Gasteiger partial charge in [-0.1, -0.05) is 11.6 Å². The van der Waals surface area contributed by atoms with E-state index in [1.165, 1.54) is 6.20 Å². The molecule has 1 atom stereocenters. The highest BCUT2D eigenvalue weighted by Crippen LogP contribution is 2.29. The first kappa shape index (κ1) is 16.3. The molecule has 0 saturated heterocycles. The highest BCUT2D eigenvalue weighted by Gasteiger charge is 2.26. The van der Waals surface area contributed by atoms with E-state index in [-0.39, 0.29) is 30.9 Å². The normalized spacial score (nSPS) is 15.8. The molecular formula is C17H16ClN3O3. The van der Waals surface area contributed by atoms with Crippen molar-refractivity contribution in [2.24, 2.45) is 5.92 Å². The lowest BCUT2D eigenvalue weighted by molar-refractivity contribution is -0.128. The Morgan fingerprint density at radius 3 is 3.00 bits per heavy atom. The van der Waals surface area contributed by atoms with Crippen LogP contribution in [-0.2, 0) is 16.0 Å². The van der Waals surface area contributed by atoms with Crippen LogP contribution in [-0.4, -0.2) is 29.9 Å². The van der Waals surface area contributed by atoms with Gasteiger partial charge in [0.2, 0.25) is 11.8 Å². The Morgan fingerprint density at radius 2 is 2.21 bits per heavy atom. The van der Waals surface area contributed by atoms with Crippen LogP contribution in [0.4, 0.5) is 5.69 Å². The zero-order chi connectivity index (χ0) is 16.9. The van der Waals surface area contributed by atoms with E-state index in [0.717, 1.165) is 11.3 Å². The van der Waals surface area contributed by atoms with Crippen LogP contribution >= 0.6 is 11.6 Å². The van der Waals surface area contributed by atoms with Gasteiger partial charge in [0.1, 0.15) is 12.4 Å². The summed E-state index contributed by atoms with van der Waals surface area (Å²) in [5.41, 5.74) is 1.48. The van der Waals surface area contributed by atoms with E-state index in [9.17, 15) is 9.59 Å². The minimum Gasteiger partial charge on any atom is -0.492 e. The molecule has 6 nitrogen and oxygen atoms in total. The molecule has 0 aliphatic carbocycles. The number of halogens is 1. The fourth-order valence-corrected chi connectivity index (χ4v) is 2.68. The van der Waals surface area contributed by atoms with Gasteiger partial charge in [-0.15, -0.1) is 0 Å². The molecule has 24 heavy (non-hydrogen) atoms. The first-order valence-electron chi connectivity index (χ1n) is 7.50. The molecule has 0 saturated carbocycles. The predicted octanol–water partition coefficient (Wildman–Crippen LogP) is 2.04. The summed E-state index contributed by atoms with van der Waals surface area (Å²) in [5.74, 6) is -0.126. The summed E-state index contributed by atoms with van der Waals surface area (Å²) in [6.45, 7) is 0.178. The molecule has 2 amide bonds. The van der Waals surface area contributed by atoms with Gasteiger partial charge in [-0.25, -0.2) is 0 Å². The molecule has 1 aromatic carbocycles. The van der Waals surface area contributed by atoms with Crippen LogP contribution in [0.25, 0.3) is 0 Å². The van der Waals surface area contributed by atoms with Gasteiger partial charge in [0.05, 0.1) is 24.3 Å². The fourth-order valence-electron chi connectivity index (χ4n) is 2.49. The van der Waals surface area contributed by atoms with Crippen LogP contribution < -0.4 is 15.4 Å². The molecule has 1 aromatic heterocycles. The van der Waals surface area contributed by atoms with E-state index in [0.29, 0.717) is 17.1 Å². The highest BCUT2D eigenvalue weighted by atomic mass is 35.5. The van der Waals surface area contributed by atoms with Crippen molar-refractivity contribution in [1.82, 2.24) is 10.3 Å². The SMILES string of the molecule is O=C(CNC(=O)C1COc2ccc(Cl)cc2C1)Nc1cccnc1. The van der Waals surface area contributed by atoms with Crippen LogP contribution in [0.5, 0.6) is 5.75 Å². The van der Waals surface area contributed by atoms with E-state index in [1.54, 1.807) is 36.5 Å². The third kappa shape index (κ3) is 4.02. The topological polar surface area (TPSA) is 80.3 Å². The Labute approximate surface area is 144 Å². The first-order valence-corrected chi connectivity index (χ1v) is 7.88. The summed E-state index contributed by atoms with van der Waals surface area (Å²) in [6.07, 6.45) is 3.69. The van der Waals surface area contributed by atoms with Gasteiger partial charge in [0, 0.05) is 11.2 Å². The van der Waals surface area contributed by atoms with E-state index in [4.69, 9.17) is 16.3 Å². The number of anilines is 1. The van der Waals surface area contributed by atoms with E-state index >= 15 is 0 Å². The molecular weight excluding hydrogens is 330 g/mol. The summed E-state index contributed by atoms with van der Waals surface area (Å²) in [4.78, 5) is 28.0. The molecule has 1 aliphatic rings. The van der Waals surface area contributed by atoms with Crippen molar-refractivity contribution >= 4 is 29.1 Å². The number of rotatable bonds is 4. The Hall–Kier alpha value is -2.60. The number of hydrogen-bond donors (Lipinski definition) is 2. The smallest absolute Gasteiger partial charge is 0.243 e. The lowest BCUT2D eigenvalue weighted by atomic mass is 9.96. The monoisotopic (exact) mass is 345 g/mol. The lowest BCUT2D eigenvalue weighted by Gasteiger charge is -2.24.